The summed E-state index contributed by atoms with van der Waals surface area (Å²) in [5, 5.41) is 2.54. The molecule has 6 heteroatoms. The highest BCUT2D eigenvalue weighted by molar-refractivity contribution is 5.93. The van der Waals surface area contributed by atoms with Gasteiger partial charge < -0.3 is 10.1 Å². The second kappa shape index (κ2) is 7.11. The Morgan fingerprint density at radius 2 is 1.75 bits per heavy atom. The summed E-state index contributed by atoms with van der Waals surface area (Å²) in [6.07, 6.45) is 3.82. The Kier molecular flexibility index (Phi) is 4.92. The molecule has 0 aromatic heterocycles. The Labute approximate surface area is 139 Å². The standard InChI is InChI=1S/C18H20FNO4/c19-14-4-6-15(7-5-14)20-16(21)10-24-18(23)13-8-11-2-1-3-12(9-13)17(11)22/h4-7,11-13H,1-3,8-10H2,(H,20,21). The van der Waals surface area contributed by atoms with Gasteiger partial charge in [0.2, 0.25) is 0 Å². The van der Waals surface area contributed by atoms with Crippen molar-refractivity contribution in [2.45, 2.75) is 32.1 Å². The largest absolute Gasteiger partial charge is 0.455 e. The highest BCUT2D eigenvalue weighted by Gasteiger charge is 2.41. The number of ether oxygens (including phenoxy) is 1. The first-order valence-corrected chi connectivity index (χ1v) is 8.28. The number of rotatable bonds is 4. The van der Waals surface area contributed by atoms with E-state index in [2.05, 4.69) is 5.32 Å². The number of halogens is 1. The van der Waals surface area contributed by atoms with Crippen LogP contribution in [0.15, 0.2) is 24.3 Å². The van der Waals surface area contributed by atoms with Crippen molar-refractivity contribution >= 4 is 23.3 Å². The van der Waals surface area contributed by atoms with Gasteiger partial charge in [-0.15, -0.1) is 0 Å². The molecule has 5 nitrogen and oxygen atoms in total. The molecule has 2 aliphatic rings. The number of anilines is 1. The number of fused-ring (bicyclic) bond motifs is 2. The molecule has 24 heavy (non-hydrogen) atoms. The molecule has 2 fully saturated rings. The monoisotopic (exact) mass is 333 g/mol. The summed E-state index contributed by atoms with van der Waals surface area (Å²) >= 11 is 0. The predicted octanol–water partition coefficient (Wildman–Crippen LogP) is 2.70. The van der Waals surface area contributed by atoms with Crippen molar-refractivity contribution in [1.29, 1.82) is 0 Å². The van der Waals surface area contributed by atoms with Gasteiger partial charge in [-0.25, -0.2) is 4.39 Å². The first kappa shape index (κ1) is 16.6. The van der Waals surface area contributed by atoms with Gasteiger partial charge in [0.1, 0.15) is 11.6 Å². The summed E-state index contributed by atoms with van der Waals surface area (Å²) in [6.45, 7) is -0.379. The Morgan fingerprint density at radius 3 is 2.38 bits per heavy atom. The Hall–Kier alpha value is -2.24. The van der Waals surface area contributed by atoms with Gasteiger partial charge >= 0.3 is 5.97 Å². The summed E-state index contributed by atoms with van der Waals surface area (Å²) in [6, 6.07) is 5.34. The number of amides is 1. The summed E-state index contributed by atoms with van der Waals surface area (Å²) < 4.78 is 17.9. The molecule has 2 bridgehead atoms. The van der Waals surface area contributed by atoms with Crippen LogP contribution in [0.4, 0.5) is 10.1 Å². The van der Waals surface area contributed by atoms with Crippen LogP contribution in [0.2, 0.25) is 0 Å². The molecule has 2 unspecified atom stereocenters. The van der Waals surface area contributed by atoms with Crippen LogP contribution >= 0.6 is 0 Å². The lowest BCUT2D eigenvalue weighted by Crippen LogP contribution is -2.40. The molecule has 0 spiro atoms. The zero-order chi connectivity index (χ0) is 17.1. The van der Waals surface area contributed by atoms with E-state index in [1.54, 1.807) is 0 Å². The Balaban J connectivity index is 1.47. The lowest BCUT2D eigenvalue weighted by molar-refractivity contribution is -0.155. The van der Waals surface area contributed by atoms with Crippen LogP contribution in [0.5, 0.6) is 0 Å². The molecule has 1 N–H and O–H groups in total. The van der Waals surface area contributed by atoms with Gasteiger partial charge in [-0.1, -0.05) is 6.42 Å². The second-order valence-corrected chi connectivity index (χ2v) is 6.56. The summed E-state index contributed by atoms with van der Waals surface area (Å²) in [5.74, 6) is -1.32. The lowest BCUT2D eigenvalue weighted by Gasteiger charge is -2.36. The smallest absolute Gasteiger partial charge is 0.309 e. The number of hydrogen-bond acceptors (Lipinski definition) is 4. The Morgan fingerprint density at radius 1 is 1.12 bits per heavy atom. The van der Waals surface area contributed by atoms with Crippen LogP contribution in [0.3, 0.4) is 0 Å². The molecule has 128 valence electrons. The minimum absolute atomic E-state index is 0.0249. The van der Waals surface area contributed by atoms with E-state index >= 15 is 0 Å². The maximum atomic E-state index is 12.8. The molecule has 0 heterocycles. The van der Waals surface area contributed by atoms with Gasteiger partial charge in [0.15, 0.2) is 6.61 Å². The van der Waals surface area contributed by atoms with Crippen molar-refractivity contribution in [3.63, 3.8) is 0 Å². The summed E-state index contributed by atoms with van der Waals surface area (Å²) in [7, 11) is 0. The average Bonchev–Trinajstić information content (AvgIpc) is 2.54. The zero-order valence-electron chi connectivity index (χ0n) is 13.3. The van der Waals surface area contributed by atoms with E-state index in [0.29, 0.717) is 24.3 Å². The van der Waals surface area contributed by atoms with Crippen LogP contribution in [0.25, 0.3) is 0 Å². The van der Waals surface area contributed by atoms with E-state index in [1.165, 1.54) is 24.3 Å². The highest BCUT2D eigenvalue weighted by Crippen LogP contribution is 2.40. The SMILES string of the molecule is O=C(COC(=O)C1CC2CCCC(C1)C2=O)Nc1ccc(F)cc1. The van der Waals surface area contributed by atoms with Gasteiger partial charge in [-0.05, 0) is 49.9 Å². The van der Waals surface area contributed by atoms with Gasteiger partial charge in [-0.3, -0.25) is 14.4 Å². The zero-order valence-corrected chi connectivity index (χ0v) is 13.3. The molecule has 0 saturated heterocycles. The van der Waals surface area contributed by atoms with E-state index in [0.717, 1.165) is 19.3 Å². The average molecular weight is 333 g/mol. The van der Waals surface area contributed by atoms with Crippen molar-refractivity contribution in [2.24, 2.45) is 17.8 Å². The van der Waals surface area contributed by atoms with E-state index in [1.807, 2.05) is 0 Å². The number of carbonyl (C=O) groups is 3. The maximum absolute atomic E-state index is 12.8. The number of hydrogen-bond donors (Lipinski definition) is 1. The van der Waals surface area contributed by atoms with Crippen molar-refractivity contribution in [2.75, 3.05) is 11.9 Å². The summed E-state index contributed by atoms with van der Waals surface area (Å²) in [5.41, 5.74) is 0.440. The highest BCUT2D eigenvalue weighted by atomic mass is 19.1. The van der Waals surface area contributed by atoms with Gasteiger partial charge in [0, 0.05) is 17.5 Å². The molecule has 0 aliphatic heterocycles. The molecular formula is C18H20FNO4. The fourth-order valence-corrected chi connectivity index (χ4v) is 3.66. The molecule has 2 atom stereocenters. The third-order valence-electron chi connectivity index (χ3n) is 4.85. The lowest BCUT2D eigenvalue weighted by atomic mass is 9.67. The fourth-order valence-electron chi connectivity index (χ4n) is 3.66. The van der Waals surface area contributed by atoms with Crippen molar-refractivity contribution in [3.05, 3.63) is 30.1 Å². The first-order valence-electron chi connectivity index (χ1n) is 8.28. The van der Waals surface area contributed by atoms with Crippen molar-refractivity contribution < 1.29 is 23.5 Å². The van der Waals surface area contributed by atoms with E-state index in [4.69, 9.17) is 4.74 Å². The maximum Gasteiger partial charge on any atom is 0.309 e. The van der Waals surface area contributed by atoms with Gasteiger partial charge in [-0.2, -0.15) is 0 Å². The van der Waals surface area contributed by atoms with Crippen LogP contribution in [-0.2, 0) is 19.1 Å². The predicted molar refractivity (Wildman–Crippen MR) is 84.6 cm³/mol. The minimum atomic E-state index is -0.470. The van der Waals surface area contributed by atoms with Crippen LogP contribution < -0.4 is 5.32 Å². The topological polar surface area (TPSA) is 72.5 Å². The first-order chi connectivity index (χ1) is 11.5. The molecule has 1 aromatic carbocycles. The van der Waals surface area contributed by atoms with E-state index in [-0.39, 0.29) is 24.4 Å². The normalized spacial score (nSPS) is 25.9. The van der Waals surface area contributed by atoms with Crippen LogP contribution in [-0.4, -0.2) is 24.3 Å². The molecule has 2 saturated carbocycles. The number of esters is 1. The van der Waals surface area contributed by atoms with Crippen molar-refractivity contribution in [1.82, 2.24) is 0 Å². The third kappa shape index (κ3) is 3.80. The molecule has 0 radical (unpaired) electrons. The molecule has 2 aliphatic carbocycles. The van der Waals surface area contributed by atoms with Crippen molar-refractivity contribution in [3.8, 4) is 0 Å². The third-order valence-corrected chi connectivity index (χ3v) is 4.85. The summed E-state index contributed by atoms with van der Waals surface area (Å²) in [4.78, 5) is 36.0. The van der Waals surface area contributed by atoms with Crippen LogP contribution in [0.1, 0.15) is 32.1 Å². The van der Waals surface area contributed by atoms with Gasteiger partial charge in [0.05, 0.1) is 5.92 Å². The van der Waals surface area contributed by atoms with Gasteiger partial charge in [0.25, 0.3) is 5.91 Å². The number of Topliss-reactive ketones (excluding diaryl/α,β-unsaturated/α-hetero) is 1. The number of ketones is 1. The number of benzene rings is 1. The number of carbonyl (C=O) groups excluding carboxylic acids is 3. The molecular weight excluding hydrogens is 313 g/mol. The quantitative estimate of drug-likeness (QED) is 0.860. The van der Waals surface area contributed by atoms with E-state index < -0.39 is 17.7 Å². The minimum Gasteiger partial charge on any atom is -0.455 e. The fraction of sp³-hybridized carbons (Fsp3) is 0.500. The van der Waals surface area contributed by atoms with E-state index in [9.17, 15) is 18.8 Å². The molecule has 1 amide bonds. The van der Waals surface area contributed by atoms with Crippen LogP contribution in [0, 0.1) is 23.6 Å². The molecule has 1 aromatic rings. The Bertz CT molecular complexity index is 627. The second-order valence-electron chi connectivity index (χ2n) is 6.56. The molecule has 3 rings (SSSR count). The number of nitrogens with one attached hydrogen (secondary N) is 1.